The van der Waals surface area contributed by atoms with Crippen molar-refractivity contribution in [1.29, 1.82) is 0 Å². The summed E-state index contributed by atoms with van der Waals surface area (Å²) in [5, 5.41) is 14.0. The minimum Gasteiger partial charge on any atom is -0.481 e. The van der Waals surface area contributed by atoms with Crippen molar-refractivity contribution in [1.82, 2.24) is 10.6 Å². The zero-order valence-electron chi connectivity index (χ0n) is 12.6. The van der Waals surface area contributed by atoms with Crippen molar-refractivity contribution in [2.75, 3.05) is 0 Å². The van der Waals surface area contributed by atoms with Crippen LogP contribution in [0.4, 0.5) is 0 Å². The standard InChI is InChI=1S/C14H25N3O4/c1-8-5-3-4-6-11(8)17-13(20)9(2)16-14(21)10(15)7-12(18)19/h8-11H,3-7,15H2,1-2H3,(H,16,21)(H,17,20)(H,18,19)/t8?,9-,10+,11?/m1/s1. The van der Waals surface area contributed by atoms with Crippen LogP contribution in [0.2, 0.25) is 0 Å². The van der Waals surface area contributed by atoms with Gasteiger partial charge in [-0.25, -0.2) is 0 Å². The number of carbonyl (C=O) groups is 3. The van der Waals surface area contributed by atoms with E-state index in [2.05, 4.69) is 17.6 Å². The molecule has 7 heteroatoms. The number of hydrogen-bond acceptors (Lipinski definition) is 4. The number of carboxylic acid groups (broad SMARTS) is 1. The van der Waals surface area contributed by atoms with Gasteiger partial charge in [-0.1, -0.05) is 19.8 Å². The van der Waals surface area contributed by atoms with Crippen molar-refractivity contribution < 1.29 is 19.5 Å². The van der Waals surface area contributed by atoms with Gasteiger partial charge in [-0.2, -0.15) is 0 Å². The highest BCUT2D eigenvalue weighted by atomic mass is 16.4. The molecule has 4 atom stereocenters. The van der Waals surface area contributed by atoms with E-state index in [1.807, 2.05) is 0 Å². The maximum atomic E-state index is 12.1. The smallest absolute Gasteiger partial charge is 0.305 e. The van der Waals surface area contributed by atoms with E-state index < -0.39 is 30.4 Å². The quantitative estimate of drug-likeness (QED) is 0.549. The van der Waals surface area contributed by atoms with Gasteiger partial charge in [0.2, 0.25) is 11.8 Å². The third-order valence-electron chi connectivity index (χ3n) is 3.92. The van der Waals surface area contributed by atoms with Gasteiger partial charge >= 0.3 is 5.97 Å². The van der Waals surface area contributed by atoms with E-state index in [4.69, 9.17) is 10.8 Å². The molecule has 7 nitrogen and oxygen atoms in total. The van der Waals surface area contributed by atoms with Crippen LogP contribution < -0.4 is 16.4 Å². The highest BCUT2D eigenvalue weighted by molar-refractivity contribution is 5.91. The van der Waals surface area contributed by atoms with Gasteiger partial charge in [0.05, 0.1) is 12.5 Å². The molecule has 1 rings (SSSR count). The Morgan fingerprint density at radius 3 is 2.43 bits per heavy atom. The molecule has 0 aliphatic heterocycles. The summed E-state index contributed by atoms with van der Waals surface area (Å²) in [7, 11) is 0. The fourth-order valence-corrected chi connectivity index (χ4v) is 2.51. The molecule has 0 aromatic heterocycles. The molecular weight excluding hydrogens is 274 g/mol. The molecule has 0 radical (unpaired) electrons. The number of carboxylic acids is 1. The SMILES string of the molecule is CC1CCCCC1NC(=O)[C@@H](C)NC(=O)[C@@H](N)CC(=O)O. The first-order valence-corrected chi connectivity index (χ1v) is 7.39. The molecule has 0 heterocycles. The van der Waals surface area contributed by atoms with Gasteiger partial charge in [-0.05, 0) is 25.7 Å². The van der Waals surface area contributed by atoms with Crippen LogP contribution in [0.5, 0.6) is 0 Å². The molecule has 0 aromatic rings. The Hall–Kier alpha value is -1.63. The highest BCUT2D eigenvalue weighted by Gasteiger charge is 2.26. The lowest BCUT2D eigenvalue weighted by Crippen LogP contribution is -2.53. The van der Waals surface area contributed by atoms with Gasteiger partial charge in [-0.3, -0.25) is 14.4 Å². The molecule has 0 saturated heterocycles. The Bertz CT molecular complexity index is 400. The van der Waals surface area contributed by atoms with Gasteiger partial charge in [0.25, 0.3) is 0 Å². The number of nitrogens with one attached hydrogen (secondary N) is 2. The first-order chi connectivity index (χ1) is 9.81. The number of rotatable bonds is 6. The van der Waals surface area contributed by atoms with Crippen LogP contribution in [0, 0.1) is 5.92 Å². The molecular formula is C14H25N3O4. The summed E-state index contributed by atoms with van der Waals surface area (Å²) in [6, 6.07) is -1.74. The summed E-state index contributed by atoms with van der Waals surface area (Å²) in [6.07, 6.45) is 3.87. The molecule has 120 valence electrons. The van der Waals surface area contributed by atoms with E-state index >= 15 is 0 Å². The molecule has 1 aliphatic rings. The zero-order valence-corrected chi connectivity index (χ0v) is 12.6. The number of nitrogens with two attached hydrogens (primary N) is 1. The van der Waals surface area contributed by atoms with Gasteiger partial charge < -0.3 is 21.5 Å². The van der Waals surface area contributed by atoms with Crippen LogP contribution in [0.1, 0.15) is 46.0 Å². The lowest BCUT2D eigenvalue weighted by molar-refractivity contribution is -0.139. The average molecular weight is 299 g/mol. The molecule has 1 fully saturated rings. The monoisotopic (exact) mass is 299 g/mol. The van der Waals surface area contributed by atoms with Crippen LogP contribution in [0.3, 0.4) is 0 Å². The van der Waals surface area contributed by atoms with E-state index in [9.17, 15) is 14.4 Å². The molecule has 1 saturated carbocycles. The number of carbonyl (C=O) groups excluding carboxylic acids is 2. The van der Waals surface area contributed by atoms with E-state index in [0.29, 0.717) is 5.92 Å². The zero-order chi connectivity index (χ0) is 16.0. The lowest BCUT2D eigenvalue weighted by atomic mass is 9.86. The molecule has 0 bridgehead atoms. The molecule has 2 unspecified atom stereocenters. The second-order valence-corrected chi connectivity index (χ2v) is 5.81. The molecule has 0 spiro atoms. The molecule has 5 N–H and O–H groups in total. The summed E-state index contributed by atoms with van der Waals surface area (Å²) in [5.74, 6) is -1.60. The molecule has 21 heavy (non-hydrogen) atoms. The van der Waals surface area contributed by atoms with E-state index in [1.165, 1.54) is 6.42 Å². The fourth-order valence-electron chi connectivity index (χ4n) is 2.51. The normalized spacial score (nSPS) is 24.7. The Morgan fingerprint density at radius 2 is 1.86 bits per heavy atom. The van der Waals surface area contributed by atoms with Gasteiger partial charge in [-0.15, -0.1) is 0 Å². The molecule has 2 amide bonds. The van der Waals surface area contributed by atoms with Gasteiger partial charge in [0.15, 0.2) is 0 Å². The third kappa shape index (κ3) is 5.71. The van der Waals surface area contributed by atoms with Crippen molar-refractivity contribution in [3.63, 3.8) is 0 Å². The number of aliphatic carboxylic acids is 1. The Balaban J connectivity index is 2.43. The van der Waals surface area contributed by atoms with Crippen LogP contribution in [0.15, 0.2) is 0 Å². The summed E-state index contributed by atoms with van der Waals surface area (Å²) < 4.78 is 0. The minimum absolute atomic E-state index is 0.137. The van der Waals surface area contributed by atoms with Crippen LogP contribution in [0.25, 0.3) is 0 Å². The van der Waals surface area contributed by atoms with E-state index in [-0.39, 0.29) is 11.9 Å². The van der Waals surface area contributed by atoms with Crippen LogP contribution in [-0.4, -0.2) is 41.0 Å². The number of amides is 2. The van der Waals surface area contributed by atoms with Crippen molar-refractivity contribution in [3.8, 4) is 0 Å². The highest BCUT2D eigenvalue weighted by Crippen LogP contribution is 2.23. The Labute approximate surface area is 124 Å². The predicted octanol–water partition coefficient (Wildman–Crippen LogP) is -0.0120. The van der Waals surface area contributed by atoms with Crippen molar-refractivity contribution in [2.24, 2.45) is 11.7 Å². The van der Waals surface area contributed by atoms with E-state index in [0.717, 1.165) is 19.3 Å². The summed E-state index contributed by atoms with van der Waals surface area (Å²) in [6.45, 7) is 3.67. The van der Waals surface area contributed by atoms with E-state index in [1.54, 1.807) is 6.92 Å². The first kappa shape index (κ1) is 17.4. The topological polar surface area (TPSA) is 122 Å². The summed E-state index contributed by atoms with van der Waals surface area (Å²) in [4.78, 5) is 34.2. The average Bonchev–Trinajstić information content (AvgIpc) is 2.40. The second-order valence-electron chi connectivity index (χ2n) is 5.81. The van der Waals surface area contributed by atoms with Gasteiger partial charge in [0.1, 0.15) is 6.04 Å². The first-order valence-electron chi connectivity index (χ1n) is 7.39. The maximum Gasteiger partial charge on any atom is 0.305 e. The minimum atomic E-state index is -1.15. The van der Waals surface area contributed by atoms with Gasteiger partial charge in [0, 0.05) is 6.04 Å². The van der Waals surface area contributed by atoms with Crippen LogP contribution in [-0.2, 0) is 14.4 Å². The summed E-state index contributed by atoms with van der Waals surface area (Å²) >= 11 is 0. The molecule has 1 aliphatic carbocycles. The Kier molecular flexibility index (Phi) is 6.61. The Morgan fingerprint density at radius 1 is 1.24 bits per heavy atom. The second kappa shape index (κ2) is 7.97. The van der Waals surface area contributed by atoms with Crippen molar-refractivity contribution in [3.05, 3.63) is 0 Å². The number of hydrogen-bond donors (Lipinski definition) is 4. The predicted molar refractivity (Wildman–Crippen MR) is 77.4 cm³/mol. The molecule has 0 aromatic carbocycles. The largest absolute Gasteiger partial charge is 0.481 e. The van der Waals surface area contributed by atoms with Crippen LogP contribution >= 0.6 is 0 Å². The third-order valence-corrected chi connectivity index (χ3v) is 3.92. The maximum absolute atomic E-state index is 12.1. The summed E-state index contributed by atoms with van der Waals surface area (Å²) in [5.41, 5.74) is 5.45. The lowest BCUT2D eigenvalue weighted by Gasteiger charge is -2.30. The fraction of sp³-hybridized carbons (Fsp3) is 0.786. The van der Waals surface area contributed by atoms with Crippen molar-refractivity contribution >= 4 is 17.8 Å². The van der Waals surface area contributed by atoms with Crippen molar-refractivity contribution in [2.45, 2.75) is 64.1 Å².